The van der Waals surface area contributed by atoms with Gasteiger partial charge in [0, 0.05) is 12.8 Å². The molecular formula is C50H91NO8P+. The minimum Gasteiger partial charge on any atom is -0.462 e. The van der Waals surface area contributed by atoms with Crippen LogP contribution in [0.3, 0.4) is 0 Å². The van der Waals surface area contributed by atoms with E-state index in [1.54, 1.807) is 0 Å². The Balaban J connectivity index is 4.38. The highest BCUT2D eigenvalue weighted by Crippen LogP contribution is 2.43. The zero-order chi connectivity index (χ0) is 44.3. The van der Waals surface area contributed by atoms with Gasteiger partial charge in [-0.3, -0.25) is 18.6 Å². The molecule has 1 unspecified atom stereocenters. The average Bonchev–Trinajstić information content (AvgIpc) is 3.20. The van der Waals surface area contributed by atoms with Crippen molar-refractivity contribution in [1.29, 1.82) is 0 Å². The summed E-state index contributed by atoms with van der Waals surface area (Å²) in [5, 5.41) is 0. The smallest absolute Gasteiger partial charge is 0.462 e. The van der Waals surface area contributed by atoms with Crippen molar-refractivity contribution in [3.05, 3.63) is 61.3 Å². The third-order valence-electron chi connectivity index (χ3n) is 10.2. The second-order valence-corrected chi connectivity index (χ2v) is 18.7. The van der Waals surface area contributed by atoms with Gasteiger partial charge in [0.2, 0.25) is 0 Å². The van der Waals surface area contributed by atoms with Crippen LogP contribution in [-0.2, 0) is 32.7 Å². The number of carbonyl (C=O) groups excluding carboxylic acids is 2. The molecule has 0 amide bonds. The van der Waals surface area contributed by atoms with Crippen molar-refractivity contribution in [3.8, 4) is 0 Å². The first-order chi connectivity index (χ1) is 29.0. The molecule has 348 valence electrons. The van der Waals surface area contributed by atoms with E-state index in [1.807, 2.05) is 27.2 Å². The lowest BCUT2D eigenvalue weighted by atomic mass is 10.0. The summed E-state index contributed by atoms with van der Waals surface area (Å²) in [5.74, 6) is -0.867. The molecule has 9 nitrogen and oxygen atoms in total. The van der Waals surface area contributed by atoms with E-state index in [0.29, 0.717) is 23.9 Å². The molecule has 0 aromatic heterocycles. The summed E-state index contributed by atoms with van der Waals surface area (Å²) in [5.41, 5.74) is 0. The van der Waals surface area contributed by atoms with Crippen LogP contribution >= 0.6 is 7.82 Å². The van der Waals surface area contributed by atoms with Gasteiger partial charge in [-0.2, -0.15) is 0 Å². The molecule has 2 atom stereocenters. The molecule has 0 aliphatic heterocycles. The number of nitrogens with zero attached hydrogens (tertiary/aromatic N) is 1. The Labute approximate surface area is 368 Å². The molecule has 0 rings (SSSR count). The van der Waals surface area contributed by atoms with Crippen LogP contribution in [0.25, 0.3) is 0 Å². The fourth-order valence-corrected chi connectivity index (χ4v) is 7.14. The monoisotopic (exact) mass is 865 g/mol. The van der Waals surface area contributed by atoms with Crippen molar-refractivity contribution in [1.82, 2.24) is 0 Å². The number of hydrogen-bond acceptors (Lipinski definition) is 7. The Morgan fingerprint density at radius 3 is 1.50 bits per heavy atom. The zero-order valence-electron chi connectivity index (χ0n) is 39.0. The molecule has 0 fully saturated rings. The highest BCUT2D eigenvalue weighted by Gasteiger charge is 2.27. The molecule has 60 heavy (non-hydrogen) atoms. The third-order valence-corrected chi connectivity index (χ3v) is 11.2. The zero-order valence-corrected chi connectivity index (χ0v) is 39.9. The fourth-order valence-electron chi connectivity index (χ4n) is 6.40. The van der Waals surface area contributed by atoms with Gasteiger partial charge < -0.3 is 18.9 Å². The van der Waals surface area contributed by atoms with Crippen molar-refractivity contribution in [2.24, 2.45) is 0 Å². The number of esters is 2. The molecule has 0 saturated heterocycles. The van der Waals surface area contributed by atoms with E-state index in [4.69, 9.17) is 18.5 Å². The van der Waals surface area contributed by atoms with E-state index in [0.717, 1.165) is 51.4 Å². The average molecular weight is 865 g/mol. The van der Waals surface area contributed by atoms with E-state index in [9.17, 15) is 19.0 Å². The Kier molecular flexibility index (Phi) is 40.4. The lowest BCUT2D eigenvalue weighted by Crippen LogP contribution is -2.37. The number of likely N-dealkylation sites (N-methyl/N-ethyl adjacent to an activating group) is 1. The van der Waals surface area contributed by atoms with Crippen LogP contribution in [-0.4, -0.2) is 74.9 Å². The fraction of sp³-hybridized carbons (Fsp3) is 0.760. The summed E-state index contributed by atoms with van der Waals surface area (Å²) in [7, 11) is 1.44. The van der Waals surface area contributed by atoms with Crippen molar-refractivity contribution in [2.45, 2.75) is 199 Å². The summed E-state index contributed by atoms with van der Waals surface area (Å²) in [4.78, 5) is 35.4. The minimum absolute atomic E-state index is 0.0208. The standard InChI is InChI=1S/C50H90NO8P/c1-6-8-10-12-14-16-18-20-22-23-24-25-26-27-29-30-32-34-36-38-40-42-49(52)56-46-48(47-58-60(54,55)57-45-44-51(3,4)5)59-50(53)43-41-39-37-35-33-31-28-21-19-17-15-13-11-9-7-2/h7,22-23,25-26,29-30,34,36,48H,2,6,8-21,24,27-28,31-33,35,37-47H2,1,3-5H3/p+1/b23-22+,26-25+,30-29+,36-34+/t48-/m0/s1. The second-order valence-electron chi connectivity index (χ2n) is 17.2. The lowest BCUT2D eigenvalue weighted by Gasteiger charge is -2.24. The first kappa shape index (κ1) is 57.7. The molecule has 0 aromatic rings. The van der Waals surface area contributed by atoms with Crippen molar-refractivity contribution in [2.75, 3.05) is 47.5 Å². The van der Waals surface area contributed by atoms with E-state index >= 15 is 0 Å². The van der Waals surface area contributed by atoms with Gasteiger partial charge >= 0.3 is 19.8 Å². The molecule has 10 heteroatoms. The highest BCUT2D eigenvalue weighted by molar-refractivity contribution is 7.47. The molecule has 0 spiro atoms. The SMILES string of the molecule is C=CCCCCCCCCCCCCCCCC(=O)O[C@@H](COC(=O)CCC/C=C/C/C=C/C/C=C/C/C=C/CCCCCCCCC)COP(=O)(O)OCC[N+](C)(C)C. The molecule has 0 radical (unpaired) electrons. The predicted molar refractivity (Wildman–Crippen MR) is 252 cm³/mol. The number of hydrogen-bond donors (Lipinski definition) is 1. The number of unbranched alkanes of at least 4 members (excludes halogenated alkanes) is 21. The first-order valence-corrected chi connectivity index (χ1v) is 25.5. The molecule has 0 aliphatic carbocycles. The van der Waals surface area contributed by atoms with Crippen LogP contribution in [0, 0.1) is 0 Å². The normalized spacial score (nSPS) is 13.8. The molecule has 0 saturated carbocycles. The maximum atomic E-state index is 12.7. The maximum Gasteiger partial charge on any atom is 0.472 e. The lowest BCUT2D eigenvalue weighted by molar-refractivity contribution is -0.870. The first-order valence-electron chi connectivity index (χ1n) is 24.0. The summed E-state index contributed by atoms with van der Waals surface area (Å²) >= 11 is 0. The van der Waals surface area contributed by atoms with E-state index in [-0.39, 0.29) is 26.1 Å². The van der Waals surface area contributed by atoms with Gasteiger partial charge in [0.1, 0.15) is 19.8 Å². The van der Waals surface area contributed by atoms with Crippen LogP contribution in [0.4, 0.5) is 0 Å². The summed E-state index contributed by atoms with van der Waals surface area (Å²) in [6.07, 6.45) is 50.3. The number of carbonyl (C=O) groups is 2. The van der Waals surface area contributed by atoms with Gasteiger partial charge in [-0.25, -0.2) is 4.57 Å². The van der Waals surface area contributed by atoms with Crippen molar-refractivity contribution in [3.63, 3.8) is 0 Å². The minimum atomic E-state index is -4.39. The number of phosphoric acid groups is 1. The molecular weight excluding hydrogens is 774 g/mol. The van der Waals surface area contributed by atoms with Gasteiger partial charge in [0.05, 0.1) is 27.7 Å². The van der Waals surface area contributed by atoms with Gasteiger partial charge in [-0.1, -0.05) is 171 Å². The number of ether oxygens (including phenoxy) is 2. The highest BCUT2D eigenvalue weighted by atomic mass is 31.2. The van der Waals surface area contributed by atoms with Gasteiger partial charge in [-0.05, 0) is 64.2 Å². The Morgan fingerprint density at radius 1 is 0.567 bits per heavy atom. The Hall–Kier alpha value is -2.29. The number of phosphoric ester groups is 1. The topological polar surface area (TPSA) is 108 Å². The Bertz CT molecular complexity index is 1190. The number of allylic oxidation sites excluding steroid dienone is 9. The van der Waals surface area contributed by atoms with Crippen LogP contribution < -0.4 is 0 Å². The maximum absolute atomic E-state index is 12.7. The van der Waals surface area contributed by atoms with E-state index < -0.39 is 32.5 Å². The number of quaternary nitrogens is 1. The van der Waals surface area contributed by atoms with E-state index in [2.05, 4.69) is 62.1 Å². The van der Waals surface area contributed by atoms with Gasteiger partial charge in [0.15, 0.2) is 6.10 Å². The van der Waals surface area contributed by atoms with Crippen molar-refractivity contribution >= 4 is 19.8 Å². The summed E-state index contributed by atoms with van der Waals surface area (Å²) in [6, 6.07) is 0. The Morgan fingerprint density at radius 2 is 1.00 bits per heavy atom. The van der Waals surface area contributed by atoms with Crippen LogP contribution in [0.2, 0.25) is 0 Å². The summed E-state index contributed by atoms with van der Waals surface area (Å²) < 4.78 is 34.3. The number of rotatable bonds is 44. The van der Waals surface area contributed by atoms with Gasteiger partial charge in [0.25, 0.3) is 0 Å². The molecule has 0 heterocycles. The molecule has 0 aliphatic rings. The predicted octanol–water partition coefficient (Wildman–Crippen LogP) is 14.0. The molecule has 1 N–H and O–H groups in total. The summed E-state index contributed by atoms with van der Waals surface area (Å²) in [6.45, 7) is 5.88. The van der Waals surface area contributed by atoms with Crippen molar-refractivity contribution < 1.29 is 42.1 Å². The second kappa shape index (κ2) is 42.0. The molecule has 0 aromatic carbocycles. The van der Waals surface area contributed by atoms with Crippen LogP contribution in [0.5, 0.6) is 0 Å². The quantitative estimate of drug-likeness (QED) is 0.0212. The molecule has 0 bridgehead atoms. The van der Waals surface area contributed by atoms with E-state index in [1.165, 1.54) is 109 Å². The largest absolute Gasteiger partial charge is 0.472 e. The van der Waals surface area contributed by atoms with Crippen LogP contribution in [0.1, 0.15) is 193 Å². The third kappa shape index (κ3) is 45.2. The van der Waals surface area contributed by atoms with Crippen LogP contribution in [0.15, 0.2) is 61.3 Å². The van der Waals surface area contributed by atoms with Gasteiger partial charge in [-0.15, -0.1) is 6.58 Å².